The number of aromatic nitrogens is 1. The molecule has 0 unspecified atom stereocenters. The third kappa shape index (κ3) is 3.65. The lowest BCUT2D eigenvalue weighted by atomic mass is 10.1. The second kappa shape index (κ2) is 6.63. The van der Waals surface area contributed by atoms with Gasteiger partial charge in [0.2, 0.25) is 5.91 Å². The van der Waals surface area contributed by atoms with Gasteiger partial charge in [-0.25, -0.2) is 4.98 Å². The normalized spacial score (nSPS) is 12.4. The average molecular weight is 289 g/mol. The Hall–Kier alpha value is -1.72. The topological polar surface area (TPSA) is 68.0 Å². The Kier molecular flexibility index (Phi) is 4.87. The first-order valence-corrected chi connectivity index (χ1v) is 7.49. The maximum Gasteiger partial charge on any atom is 0.237 e. The summed E-state index contributed by atoms with van der Waals surface area (Å²) in [7, 11) is 0. The highest BCUT2D eigenvalue weighted by Crippen LogP contribution is 2.23. The molecule has 20 heavy (non-hydrogen) atoms. The number of benzene rings is 1. The molecule has 0 aliphatic heterocycles. The van der Waals surface area contributed by atoms with Crippen LogP contribution in [0.2, 0.25) is 0 Å². The molecule has 1 aromatic carbocycles. The molecule has 1 atom stereocenters. The third-order valence-electron chi connectivity index (χ3n) is 3.04. The smallest absolute Gasteiger partial charge is 0.237 e. The molecule has 106 valence electrons. The van der Waals surface area contributed by atoms with Crippen LogP contribution in [0, 0.1) is 5.92 Å². The van der Waals surface area contributed by atoms with Gasteiger partial charge in [-0.05, 0) is 5.92 Å². The molecular formula is C15H19N3OS. The summed E-state index contributed by atoms with van der Waals surface area (Å²) in [6, 6.07) is 9.53. The lowest BCUT2D eigenvalue weighted by Gasteiger charge is -2.14. The first kappa shape index (κ1) is 14.7. The molecule has 0 saturated heterocycles. The van der Waals surface area contributed by atoms with Gasteiger partial charge in [0.25, 0.3) is 0 Å². The minimum atomic E-state index is -0.470. The molecule has 1 amide bonds. The van der Waals surface area contributed by atoms with Crippen molar-refractivity contribution in [1.29, 1.82) is 0 Å². The molecule has 0 saturated carbocycles. The quantitative estimate of drug-likeness (QED) is 0.888. The van der Waals surface area contributed by atoms with E-state index in [-0.39, 0.29) is 11.8 Å². The number of carbonyl (C=O) groups is 1. The van der Waals surface area contributed by atoms with Gasteiger partial charge in [-0.1, -0.05) is 44.2 Å². The Morgan fingerprint density at radius 3 is 2.70 bits per heavy atom. The van der Waals surface area contributed by atoms with Crippen LogP contribution in [0.4, 0.5) is 0 Å². The molecule has 2 aromatic rings. The Balaban J connectivity index is 1.96. The standard InChI is InChI=1S/C15H19N3OS/c1-10(2)13(16)14(19)17-8-12-9-20-15(18-12)11-6-4-3-5-7-11/h3-7,9-10,13H,8,16H2,1-2H3,(H,17,19)/t13-/m0/s1. The molecule has 0 spiro atoms. The predicted molar refractivity (Wildman–Crippen MR) is 82.2 cm³/mol. The van der Waals surface area contributed by atoms with Gasteiger partial charge in [-0.3, -0.25) is 4.79 Å². The summed E-state index contributed by atoms with van der Waals surface area (Å²) in [5.74, 6) is -0.000394. The molecule has 1 heterocycles. The van der Waals surface area contributed by atoms with E-state index in [0.717, 1.165) is 16.3 Å². The molecular weight excluding hydrogens is 270 g/mol. The van der Waals surface area contributed by atoms with E-state index < -0.39 is 6.04 Å². The summed E-state index contributed by atoms with van der Waals surface area (Å²) in [5, 5.41) is 5.75. The van der Waals surface area contributed by atoms with E-state index >= 15 is 0 Å². The van der Waals surface area contributed by atoms with Crippen molar-refractivity contribution >= 4 is 17.2 Å². The maximum absolute atomic E-state index is 11.8. The molecule has 2 rings (SSSR count). The van der Waals surface area contributed by atoms with Crippen LogP contribution in [0.25, 0.3) is 10.6 Å². The highest BCUT2D eigenvalue weighted by Gasteiger charge is 2.17. The van der Waals surface area contributed by atoms with Crippen molar-refractivity contribution < 1.29 is 4.79 Å². The molecule has 5 heteroatoms. The van der Waals surface area contributed by atoms with Crippen molar-refractivity contribution in [3.63, 3.8) is 0 Å². The van der Waals surface area contributed by atoms with Crippen molar-refractivity contribution in [3.05, 3.63) is 41.4 Å². The van der Waals surface area contributed by atoms with Crippen LogP contribution in [0.5, 0.6) is 0 Å². The minimum absolute atomic E-state index is 0.130. The summed E-state index contributed by atoms with van der Waals surface area (Å²) in [5.41, 5.74) is 7.74. The van der Waals surface area contributed by atoms with Gasteiger partial charge < -0.3 is 11.1 Å². The fraction of sp³-hybridized carbons (Fsp3) is 0.333. The molecule has 0 aliphatic carbocycles. The van der Waals surface area contributed by atoms with Crippen molar-refractivity contribution in [1.82, 2.24) is 10.3 Å². The van der Waals surface area contributed by atoms with Crippen molar-refractivity contribution in [2.45, 2.75) is 26.4 Å². The SMILES string of the molecule is CC(C)[C@H](N)C(=O)NCc1csc(-c2ccccc2)n1. The molecule has 0 radical (unpaired) electrons. The Labute approximate surface area is 123 Å². The van der Waals surface area contributed by atoms with Gasteiger partial charge in [0.1, 0.15) is 5.01 Å². The van der Waals surface area contributed by atoms with Crippen LogP contribution in [0.3, 0.4) is 0 Å². The van der Waals surface area contributed by atoms with Crippen molar-refractivity contribution in [2.24, 2.45) is 11.7 Å². The second-order valence-corrected chi connectivity index (χ2v) is 5.86. The summed E-state index contributed by atoms with van der Waals surface area (Å²) in [6.07, 6.45) is 0. The molecule has 0 fully saturated rings. The summed E-state index contributed by atoms with van der Waals surface area (Å²) in [6.45, 7) is 4.28. The zero-order chi connectivity index (χ0) is 14.5. The number of carbonyl (C=O) groups excluding carboxylic acids is 1. The Morgan fingerprint density at radius 1 is 1.35 bits per heavy atom. The summed E-state index contributed by atoms with van der Waals surface area (Å²) < 4.78 is 0. The monoisotopic (exact) mass is 289 g/mol. The number of nitrogens with one attached hydrogen (secondary N) is 1. The fourth-order valence-corrected chi connectivity index (χ4v) is 2.53. The highest BCUT2D eigenvalue weighted by molar-refractivity contribution is 7.13. The number of nitrogens with zero attached hydrogens (tertiary/aromatic N) is 1. The van der Waals surface area contributed by atoms with E-state index in [4.69, 9.17) is 5.73 Å². The highest BCUT2D eigenvalue weighted by atomic mass is 32.1. The third-order valence-corrected chi connectivity index (χ3v) is 3.98. The van der Waals surface area contributed by atoms with Crippen LogP contribution in [-0.2, 0) is 11.3 Å². The van der Waals surface area contributed by atoms with Gasteiger partial charge in [0, 0.05) is 10.9 Å². The zero-order valence-corrected chi connectivity index (χ0v) is 12.5. The van der Waals surface area contributed by atoms with E-state index in [2.05, 4.69) is 10.3 Å². The van der Waals surface area contributed by atoms with Gasteiger partial charge >= 0.3 is 0 Å². The van der Waals surface area contributed by atoms with Gasteiger partial charge in [0.05, 0.1) is 18.3 Å². The van der Waals surface area contributed by atoms with Gasteiger partial charge in [-0.2, -0.15) is 0 Å². The largest absolute Gasteiger partial charge is 0.349 e. The Bertz CT molecular complexity index is 566. The number of thiazole rings is 1. The molecule has 0 aliphatic rings. The van der Waals surface area contributed by atoms with Crippen LogP contribution >= 0.6 is 11.3 Å². The molecule has 3 N–H and O–H groups in total. The van der Waals surface area contributed by atoms with E-state index in [1.165, 1.54) is 0 Å². The van der Waals surface area contributed by atoms with Gasteiger partial charge in [0.15, 0.2) is 0 Å². The van der Waals surface area contributed by atoms with Crippen LogP contribution in [0.15, 0.2) is 35.7 Å². The Morgan fingerprint density at radius 2 is 2.05 bits per heavy atom. The van der Waals surface area contributed by atoms with Gasteiger partial charge in [-0.15, -0.1) is 11.3 Å². The van der Waals surface area contributed by atoms with Crippen LogP contribution in [0.1, 0.15) is 19.5 Å². The lowest BCUT2D eigenvalue weighted by Crippen LogP contribution is -2.43. The number of rotatable bonds is 5. The van der Waals surface area contributed by atoms with E-state index in [9.17, 15) is 4.79 Å². The van der Waals surface area contributed by atoms with E-state index in [1.54, 1.807) is 11.3 Å². The van der Waals surface area contributed by atoms with Crippen molar-refractivity contribution in [3.8, 4) is 10.6 Å². The van der Waals surface area contributed by atoms with E-state index in [1.807, 2.05) is 49.6 Å². The number of hydrogen-bond acceptors (Lipinski definition) is 4. The number of nitrogens with two attached hydrogens (primary N) is 1. The lowest BCUT2D eigenvalue weighted by molar-refractivity contribution is -0.123. The number of hydrogen-bond donors (Lipinski definition) is 2. The number of amides is 1. The molecule has 1 aromatic heterocycles. The van der Waals surface area contributed by atoms with Crippen LogP contribution < -0.4 is 11.1 Å². The minimum Gasteiger partial charge on any atom is -0.349 e. The first-order chi connectivity index (χ1) is 9.58. The average Bonchev–Trinajstić information content (AvgIpc) is 2.93. The summed E-state index contributed by atoms with van der Waals surface area (Å²) in [4.78, 5) is 16.3. The fourth-order valence-electron chi connectivity index (χ4n) is 1.70. The van der Waals surface area contributed by atoms with Crippen molar-refractivity contribution in [2.75, 3.05) is 0 Å². The van der Waals surface area contributed by atoms with Crippen LogP contribution in [-0.4, -0.2) is 16.9 Å². The van der Waals surface area contributed by atoms with E-state index in [0.29, 0.717) is 6.54 Å². The molecule has 4 nitrogen and oxygen atoms in total. The summed E-state index contributed by atoms with van der Waals surface area (Å²) >= 11 is 1.58. The molecule has 0 bridgehead atoms. The predicted octanol–water partition coefficient (Wildman–Crippen LogP) is 2.41. The maximum atomic E-state index is 11.8. The zero-order valence-electron chi connectivity index (χ0n) is 11.7. The first-order valence-electron chi connectivity index (χ1n) is 6.61. The second-order valence-electron chi connectivity index (χ2n) is 5.00.